The minimum Gasteiger partial charge on any atom is -0.303 e. The molecule has 0 fully saturated rings. The van der Waals surface area contributed by atoms with E-state index < -0.39 is 0 Å². The second-order valence-electron chi connectivity index (χ2n) is 4.88. The van der Waals surface area contributed by atoms with Crippen LogP contribution in [-0.2, 0) is 13.0 Å². The van der Waals surface area contributed by atoms with Crippen molar-refractivity contribution in [3.05, 3.63) is 68.6 Å². The molecule has 3 aromatic heterocycles. The van der Waals surface area contributed by atoms with Gasteiger partial charge in [0.25, 0.3) is 0 Å². The van der Waals surface area contributed by atoms with Crippen LogP contribution in [0.5, 0.6) is 0 Å². The molecule has 0 aromatic carbocycles. The number of rotatable bonds is 6. The molecule has 1 unspecified atom stereocenters. The zero-order valence-electron chi connectivity index (χ0n) is 11.8. The summed E-state index contributed by atoms with van der Waals surface area (Å²) in [6.07, 6.45) is 4.67. The third-order valence-corrected chi connectivity index (χ3v) is 5.12. The van der Waals surface area contributed by atoms with E-state index in [4.69, 9.17) is 0 Å². The highest BCUT2D eigenvalue weighted by Crippen LogP contribution is 2.25. The molecule has 0 radical (unpaired) electrons. The van der Waals surface area contributed by atoms with Crippen molar-refractivity contribution in [2.45, 2.75) is 25.9 Å². The van der Waals surface area contributed by atoms with Crippen molar-refractivity contribution in [3.8, 4) is 0 Å². The molecule has 108 valence electrons. The first-order valence-corrected chi connectivity index (χ1v) is 8.64. The van der Waals surface area contributed by atoms with Crippen LogP contribution < -0.4 is 5.32 Å². The Morgan fingerprint density at radius 1 is 1.10 bits per heavy atom. The van der Waals surface area contributed by atoms with Crippen LogP contribution in [-0.4, -0.2) is 9.97 Å². The summed E-state index contributed by atoms with van der Waals surface area (Å²) in [6, 6.07) is 8.92. The molecule has 3 heterocycles. The lowest BCUT2D eigenvalue weighted by molar-refractivity contribution is 0.534. The number of nitrogens with zero attached hydrogens (tertiary/aromatic N) is 2. The van der Waals surface area contributed by atoms with Gasteiger partial charge in [0.2, 0.25) is 0 Å². The van der Waals surface area contributed by atoms with E-state index in [1.807, 2.05) is 30.7 Å². The maximum atomic E-state index is 4.41. The third kappa shape index (κ3) is 3.97. The van der Waals surface area contributed by atoms with E-state index in [9.17, 15) is 0 Å². The average Bonchev–Trinajstić information content (AvgIpc) is 3.18. The highest BCUT2D eigenvalue weighted by atomic mass is 32.1. The molecule has 1 atom stereocenters. The van der Waals surface area contributed by atoms with E-state index in [-0.39, 0.29) is 0 Å². The summed E-state index contributed by atoms with van der Waals surface area (Å²) >= 11 is 3.61. The molecule has 1 N–H and O–H groups in total. The van der Waals surface area contributed by atoms with E-state index in [2.05, 4.69) is 50.3 Å². The number of thiophene rings is 2. The number of nitrogens with one attached hydrogen (secondary N) is 1. The van der Waals surface area contributed by atoms with Crippen molar-refractivity contribution in [1.29, 1.82) is 0 Å². The van der Waals surface area contributed by atoms with E-state index >= 15 is 0 Å². The molecule has 5 heteroatoms. The SMILES string of the molecule is Cc1cnc(CNC(Cc2cccs2)c2cccs2)cn1. The Morgan fingerprint density at radius 3 is 2.62 bits per heavy atom. The van der Waals surface area contributed by atoms with Crippen molar-refractivity contribution < 1.29 is 0 Å². The molecule has 0 amide bonds. The monoisotopic (exact) mass is 315 g/mol. The maximum absolute atomic E-state index is 4.41. The Bertz CT molecular complexity index is 645. The van der Waals surface area contributed by atoms with E-state index in [1.165, 1.54) is 9.75 Å². The van der Waals surface area contributed by atoms with Crippen molar-refractivity contribution in [1.82, 2.24) is 15.3 Å². The molecule has 0 bridgehead atoms. The van der Waals surface area contributed by atoms with Crippen LogP contribution in [0, 0.1) is 6.92 Å². The minimum atomic E-state index is 0.326. The highest BCUT2D eigenvalue weighted by molar-refractivity contribution is 7.10. The van der Waals surface area contributed by atoms with Gasteiger partial charge in [-0.25, -0.2) is 0 Å². The van der Waals surface area contributed by atoms with Crippen molar-refractivity contribution in [2.24, 2.45) is 0 Å². The quantitative estimate of drug-likeness (QED) is 0.747. The van der Waals surface area contributed by atoms with Crippen LogP contribution in [0.1, 0.15) is 27.2 Å². The van der Waals surface area contributed by atoms with Crippen LogP contribution in [0.15, 0.2) is 47.4 Å². The van der Waals surface area contributed by atoms with Crippen LogP contribution in [0.4, 0.5) is 0 Å². The summed E-state index contributed by atoms with van der Waals surface area (Å²) in [5, 5.41) is 7.87. The van der Waals surface area contributed by atoms with Crippen LogP contribution in [0.2, 0.25) is 0 Å². The molecular weight excluding hydrogens is 298 g/mol. The standard InChI is InChI=1S/C16H17N3S2/c1-12-9-18-13(10-17-12)11-19-15(16-5-3-7-21-16)8-14-4-2-6-20-14/h2-7,9-10,15,19H,8,11H2,1H3. The molecule has 0 aliphatic heterocycles. The van der Waals surface area contributed by atoms with Crippen LogP contribution in [0.3, 0.4) is 0 Å². The first-order chi connectivity index (χ1) is 10.3. The fraction of sp³-hybridized carbons (Fsp3) is 0.250. The lowest BCUT2D eigenvalue weighted by atomic mass is 10.1. The van der Waals surface area contributed by atoms with Gasteiger partial charge < -0.3 is 5.32 Å². The molecular formula is C16H17N3S2. The summed E-state index contributed by atoms with van der Waals surface area (Å²) in [7, 11) is 0. The zero-order chi connectivity index (χ0) is 14.5. The summed E-state index contributed by atoms with van der Waals surface area (Å²) in [5.41, 5.74) is 1.93. The largest absolute Gasteiger partial charge is 0.303 e. The Labute approximate surface area is 132 Å². The third-order valence-electron chi connectivity index (χ3n) is 3.24. The molecule has 3 rings (SSSR count). The van der Waals surface area contributed by atoms with Crippen molar-refractivity contribution >= 4 is 22.7 Å². The topological polar surface area (TPSA) is 37.8 Å². The Hall–Kier alpha value is -1.56. The van der Waals surface area contributed by atoms with Gasteiger partial charge >= 0.3 is 0 Å². The molecule has 0 aliphatic carbocycles. The lowest BCUT2D eigenvalue weighted by Gasteiger charge is -2.16. The van der Waals surface area contributed by atoms with Crippen LogP contribution in [0.25, 0.3) is 0 Å². The number of aromatic nitrogens is 2. The molecule has 0 saturated heterocycles. The van der Waals surface area contributed by atoms with Gasteiger partial charge in [-0.1, -0.05) is 12.1 Å². The van der Waals surface area contributed by atoms with Gasteiger partial charge in [0.15, 0.2) is 0 Å². The second-order valence-corrected chi connectivity index (χ2v) is 6.89. The number of aryl methyl sites for hydroxylation is 1. The first-order valence-electron chi connectivity index (χ1n) is 6.88. The van der Waals surface area contributed by atoms with Gasteiger partial charge in [-0.05, 0) is 29.8 Å². The smallest absolute Gasteiger partial charge is 0.0724 e. The maximum Gasteiger partial charge on any atom is 0.0724 e. The normalized spacial score (nSPS) is 12.4. The zero-order valence-corrected chi connectivity index (χ0v) is 13.5. The Kier molecular flexibility index (Phi) is 4.75. The van der Waals surface area contributed by atoms with Crippen molar-refractivity contribution in [2.75, 3.05) is 0 Å². The van der Waals surface area contributed by atoms with E-state index in [0.717, 1.165) is 24.4 Å². The summed E-state index contributed by atoms with van der Waals surface area (Å²) in [4.78, 5) is 11.5. The van der Waals surface area contributed by atoms with Crippen LogP contribution >= 0.6 is 22.7 Å². The lowest BCUT2D eigenvalue weighted by Crippen LogP contribution is -2.22. The van der Waals surface area contributed by atoms with Gasteiger partial charge in [0.05, 0.1) is 11.4 Å². The molecule has 0 spiro atoms. The Morgan fingerprint density at radius 2 is 1.95 bits per heavy atom. The predicted octanol–water partition coefficient (Wildman–Crippen LogP) is 3.98. The van der Waals surface area contributed by atoms with E-state index in [0.29, 0.717) is 6.04 Å². The fourth-order valence-corrected chi connectivity index (χ4v) is 3.69. The predicted molar refractivity (Wildman–Crippen MR) is 88.7 cm³/mol. The number of hydrogen-bond donors (Lipinski definition) is 1. The van der Waals surface area contributed by atoms with Gasteiger partial charge in [0, 0.05) is 41.2 Å². The molecule has 0 saturated carbocycles. The average molecular weight is 315 g/mol. The number of hydrogen-bond acceptors (Lipinski definition) is 5. The van der Waals surface area contributed by atoms with Gasteiger partial charge in [-0.15, -0.1) is 22.7 Å². The second kappa shape index (κ2) is 6.93. The van der Waals surface area contributed by atoms with E-state index in [1.54, 1.807) is 11.3 Å². The van der Waals surface area contributed by atoms with Gasteiger partial charge in [0.1, 0.15) is 0 Å². The first kappa shape index (κ1) is 14.4. The Balaban J connectivity index is 1.69. The van der Waals surface area contributed by atoms with Crippen molar-refractivity contribution in [3.63, 3.8) is 0 Å². The van der Waals surface area contributed by atoms with Gasteiger partial charge in [-0.3, -0.25) is 9.97 Å². The summed E-state index contributed by atoms with van der Waals surface area (Å²) in [5.74, 6) is 0. The summed E-state index contributed by atoms with van der Waals surface area (Å²) < 4.78 is 0. The minimum absolute atomic E-state index is 0.326. The molecule has 0 aliphatic rings. The molecule has 21 heavy (non-hydrogen) atoms. The highest BCUT2D eigenvalue weighted by Gasteiger charge is 2.14. The fourth-order valence-electron chi connectivity index (χ4n) is 2.13. The molecule has 3 aromatic rings. The van der Waals surface area contributed by atoms with Gasteiger partial charge in [-0.2, -0.15) is 0 Å². The summed E-state index contributed by atoms with van der Waals surface area (Å²) in [6.45, 7) is 2.69. The molecule has 3 nitrogen and oxygen atoms in total.